The van der Waals surface area contributed by atoms with Crippen LogP contribution in [0.3, 0.4) is 0 Å². The number of carbonyl (C=O) groups is 1. The Kier molecular flexibility index (Phi) is 6.38. The van der Waals surface area contributed by atoms with E-state index in [0.717, 1.165) is 34.8 Å². The number of rotatable bonds is 9. The summed E-state index contributed by atoms with van der Waals surface area (Å²) in [5.41, 5.74) is 2.76. The zero-order chi connectivity index (χ0) is 21.0. The molecule has 0 aliphatic heterocycles. The van der Waals surface area contributed by atoms with Gasteiger partial charge in [0.05, 0.1) is 19.5 Å². The van der Waals surface area contributed by atoms with Gasteiger partial charge in [0.1, 0.15) is 18.1 Å². The minimum Gasteiger partial charge on any atom is -0.480 e. The highest BCUT2D eigenvalue weighted by atomic mass is 28.3. The lowest BCUT2D eigenvalue weighted by molar-refractivity contribution is -0.142. The number of aryl methyl sites for hydroxylation is 1. The molecule has 0 unspecified atom stereocenters. The molecular formula is C20H28N4O4Si. The molecule has 0 saturated heterocycles. The Morgan fingerprint density at radius 3 is 2.66 bits per heavy atom. The molecule has 0 saturated carbocycles. The molecule has 3 heterocycles. The van der Waals surface area contributed by atoms with Crippen LogP contribution >= 0.6 is 0 Å². The normalized spacial score (nSPS) is 11.8. The smallest absolute Gasteiger partial charge is 0.343 e. The van der Waals surface area contributed by atoms with Gasteiger partial charge in [0.25, 0.3) is 0 Å². The molecule has 0 aliphatic carbocycles. The summed E-state index contributed by atoms with van der Waals surface area (Å²) in [5, 5.41) is 5.18. The van der Waals surface area contributed by atoms with Gasteiger partial charge in [0, 0.05) is 50.6 Å². The van der Waals surface area contributed by atoms with Crippen molar-refractivity contribution in [3.05, 3.63) is 30.9 Å². The van der Waals surface area contributed by atoms with E-state index in [-0.39, 0.29) is 6.61 Å². The lowest BCUT2D eigenvalue weighted by Gasteiger charge is -2.15. The van der Waals surface area contributed by atoms with Crippen molar-refractivity contribution in [1.82, 2.24) is 19.3 Å². The van der Waals surface area contributed by atoms with E-state index in [0.29, 0.717) is 12.5 Å². The number of methoxy groups -OCH3 is 1. The van der Waals surface area contributed by atoms with E-state index < -0.39 is 14.0 Å². The lowest BCUT2D eigenvalue weighted by atomic mass is 10.1. The second kappa shape index (κ2) is 8.79. The summed E-state index contributed by atoms with van der Waals surface area (Å²) < 4.78 is 19.8. The molecular weight excluding hydrogens is 388 g/mol. The number of pyridine rings is 1. The predicted octanol–water partition coefficient (Wildman–Crippen LogP) is 3.30. The molecule has 8 nitrogen and oxygen atoms in total. The Bertz CT molecular complexity index is 990. The van der Waals surface area contributed by atoms with Gasteiger partial charge in [-0.15, -0.1) is 0 Å². The van der Waals surface area contributed by atoms with E-state index in [1.54, 1.807) is 10.9 Å². The number of hydrogen-bond donors (Lipinski definition) is 0. The number of carbonyl (C=O) groups excluding carboxylic acids is 1. The Hall–Kier alpha value is -2.65. The summed E-state index contributed by atoms with van der Waals surface area (Å²) in [4.78, 5) is 15.9. The highest BCUT2D eigenvalue weighted by Gasteiger charge is 2.16. The number of aromatic nitrogens is 4. The molecule has 0 aliphatic rings. The van der Waals surface area contributed by atoms with E-state index in [1.165, 1.54) is 7.11 Å². The standard InChI is InChI=1S/C20H28N4O4Si/c1-23-11-15(9-22-23)18-12-24(14-27-6-7-29(3,4)5)20-17(18)8-16(10-21-20)28-13-19(25)26-2/h8-12H,6-7,13-14H2,1-5H3. The third-order valence-electron chi connectivity index (χ3n) is 4.52. The van der Waals surface area contributed by atoms with E-state index in [1.807, 2.05) is 36.3 Å². The quantitative estimate of drug-likeness (QED) is 0.302. The van der Waals surface area contributed by atoms with Crippen molar-refractivity contribution in [3.8, 4) is 16.9 Å². The Morgan fingerprint density at radius 1 is 1.21 bits per heavy atom. The second-order valence-electron chi connectivity index (χ2n) is 8.17. The van der Waals surface area contributed by atoms with Crippen molar-refractivity contribution in [2.24, 2.45) is 7.05 Å². The highest BCUT2D eigenvalue weighted by Crippen LogP contribution is 2.31. The van der Waals surface area contributed by atoms with Gasteiger partial charge in [-0.2, -0.15) is 5.10 Å². The van der Waals surface area contributed by atoms with E-state index >= 15 is 0 Å². The first kappa shape index (κ1) is 21.1. The minimum absolute atomic E-state index is 0.160. The van der Waals surface area contributed by atoms with E-state index in [2.05, 4.69) is 34.5 Å². The molecule has 3 aromatic rings. The zero-order valence-electron chi connectivity index (χ0n) is 17.6. The number of esters is 1. The molecule has 29 heavy (non-hydrogen) atoms. The average Bonchev–Trinajstić information content (AvgIpc) is 3.25. The van der Waals surface area contributed by atoms with Crippen molar-refractivity contribution in [2.45, 2.75) is 32.4 Å². The van der Waals surface area contributed by atoms with Crippen LogP contribution in [-0.2, 0) is 28.0 Å². The lowest BCUT2D eigenvalue weighted by Crippen LogP contribution is -2.22. The van der Waals surface area contributed by atoms with Crippen LogP contribution in [0.15, 0.2) is 30.9 Å². The van der Waals surface area contributed by atoms with Crippen LogP contribution in [0.25, 0.3) is 22.2 Å². The first-order valence-corrected chi connectivity index (χ1v) is 13.2. The van der Waals surface area contributed by atoms with Gasteiger partial charge < -0.3 is 18.8 Å². The van der Waals surface area contributed by atoms with Gasteiger partial charge in [0.15, 0.2) is 6.61 Å². The molecule has 9 heteroatoms. The van der Waals surface area contributed by atoms with Crippen molar-refractivity contribution < 1.29 is 19.0 Å². The summed E-state index contributed by atoms with van der Waals surface area (Å²) in [6, 6.07) is 2.99. The number of fused-ring (bicyclic) bond motifs is 1. The molecule has 3 rings (SSSR count). The van der Waals surface area contributed by atoms with Crippen LogP contribution in [0.2, 0.25) is 25.7 Å². The number of nitrogens with zero attached hydrogens (tertiary/aromatic N) is 4. The largest absolute Gasteiger partial charge is 0.480 e. The van der Waals surface area contributed by atoms with Gasteiger partial charge >= 0.3 is 5.97 Å². The third kappa shape index (κ3) is 5.45. The van der Waals surface area contributed by atoms with Crippen LogP contribution in [0.4, 0.5) is 0 Å². The maximum atomic E-state index is 11.4. The van der Waals surface area contributed by atoms with Gasteiger partial charge in [0.2, 0.25) is 0 Å². The van der Waals surface area contributed by atoms with Crippen molar-refractivity contribution in [1.29, 1.82) is 0 Å². The third-order valence-corrected chi connectivity index (χ3v) is 6.22. The highest BCUT2D eigenvalue weighted by molar-refractivity contribution is 6.76. The summed E-state index contributed by atoms with van der Waals surface area (Å²) in [5.74, 6) is 0.0661. The molecule has 0 aromatic carbocycles. The number of ether oxygens (including phenoxy) is 3. The van der Waals surface area contributed by atoms with Crippen LogP contribution in [0, 0.1) is 0 Å². The second-order valence-corrected chi connectivity index (χ2v) is 13.8. The van der Waals surface area contributed by atoms with E-state index in [4.69, 9.17) is 9.47 Å². The molecule has 0 bridgehead atoms. The SMILES string of the molecule is COC(=O)COc1cnc2c(c1)c(-c1cnn(C)c1)cn2COCC[Si](C)(C)C. The fourth-order valence-corrected chi connectivity index (χ4v) is 3.62. The van der Waals surface area contributed by atoms with Crippen LogP contribution in [0.5, 0.6) is 5.75 Å². The number of hydrogen-bond acceptors (Lipinski definition) is 6. The summed E-state index contributed by atoms with van der Waals surface area (Å²) >= 11 is 0. The van der Waals surface area contributed by atoms with E-state index in [9.17, 15) is 4.79 Å². The van der Waals surface area contributed by atoms with Gasteiger partial charge in [-0.1, -0.05) is 19.6 Å². The Balaban J connectivity index is 1.88. The molecule has 3 aromatic heterocycles. The van der Waals surface area contributed by atoms with Crippen molar-refractivity contribution in [2.75, 3.05) is 20.3 Å². The molecule has 0 radical (unpaired) electrons. The van der Waals surface area contributed by atoms with Gasteiger partial charge in [-0.3, -0.25) is 4.68 Å². The van der Waals surface area contributed by atoms with Gasteiger partial charge in [-0.25, -0.2) is 9.78 Å². The Morgan fingerprint density at radius 2 is 2.00 bits per heavy atom. The Labute approximate surface area is 171 Å². The van der Waals surface area contributed by atoms with Crippen LogP contribution < -0.4 is 4.74 Å². The monoisotopic (exact) mass is 416 g/mol. The van der Waals surface area contributed by atoms with Crippen molar-refractivity contribution in [3.63, 3.8) is 0 Å². The van der Waals surface area contributed by atoms with Crippen LogP contribution in [-0.4, -0.2) is 53.7 Å². The fraction of sp³-hybridized carbons (Fsp3) is 0.450. The zero-order valence-corrected chi connectivity index (χ0v) is 18.6. The first-order chi connectivity index (χ1) is 13.8. The van der Waals surface area contributed by atoms with Crippen molar-refractivity contribution >= 4 is 25.1 Å². The summed E-state index contributed by atoms with van der Waals surface area (Å²) in [6.07, 6.45) is 7.39. The first-order valence-electron chi connectivity index (χ1n) is 9.52. The predicted molar refractivity (Wildman–Crippen MR) is 114 cm³/mol. The molecule has 0 amide bonds. The summed E-state index contributed by atoms with van der Waals surface area (Å²) in [7, 11) is 2.07. The topological polar surface area (TPSA) is 80.4 Å². The fourth-order valence-electron chi connectivity index (χ4n) is 2.86. The van der Waals surface area contributed by atoms with Crippen LogP contribution in [0.1, 0.15) is 0 Å². The molecule has 0 atom stereocenters. The average molecular weight is 417 g/mol. The van der Waals surface area contributed by atoms with Gasteiger partial charge in [-0.05, 0) is 12.1 Å². The summed E-state index contributed by atoms with van der Waals surface area (Å²) in [6.45, 7) is 8.00. The maximum Gasteiger partial charge on any atom is 0.343 e. The molecule has 0 N–H and O–H groups in total. The molecule has 0 spiro atoms. The molecule has 0 fully saturated rings. The maximum absolute atomic E-state index is 11.4. The minimum atomic E-state index is -1.14. The molecule has 156 valence electrons.